The molecule has 0 spiro atoms. The highest BCUT2D eigenvalue weighted by molar-refractivity contribution is 7.98. The lowest BCUT2D eigenvalue weighted by atomic mass is 9.95. The lowest BCUT2D eigenvalue weighted by Crippen LogP contribution is -2.15. The van der Waals surface area contributed by atoms with E-state index < -0.39 is 0 Å². The fraction of sp³-hybridized carbons (Fsp3) is 0.500. The van der Waals surface area contributed by atoms with Gasteiger partial charge in [-0.2, -0.15) is 0 Å². The highest BCUT2D eigenvalue weighted by Gasteiger charge is 2.24. The fourth-order valence-corrected chi connectivity index (χ4v) is 4.44. The summed E-state index contributed by atoms with van der Waals surface area (Å²) in [7, 11) is 1.68. The number of methoxy groups -OCH3 is 1. The van der Waals surface area contributed by atoms with Crippen molar-refractivity contribution >= 4 is 11.8 Å². The average Bonchev–Trinajstić information content (AvgIpc) is 3.39. The number of aromatic nitrogens is 5. The van der Waals surface area contributed by atoms with Crippen LogP contribution in [0.2, 0.25) is 0 Å². The standard InChI is InChI=1S/C20H25N5O2S/c1-3-17-21-22-18(27-17)13-28-20-24-23-19(14-9-11-16(26-2)12-10-14)25(20)15-7-5-4-6-8-15/h9-12,15H,3-8,13H2,1-2H3. The quantitative estimate of drug-likeness (QED) is 0.533. The van der Waals surface area contributed by atoms with Crippen molar-refractivity contribution in [1.82, 2.24) is 25.0 Å². The SMILES string of the molecule is CCc1nnc(CSc2nnc(-c3ccc(OC)cc3)n2C2CCCCC2)o1. The van der Waals surface area contributed by atoms with E-state index in [-0.39, 0.29) is 0 Å². The van der Waals surface area contributed by atoms with Crippen molar-refractivity contribution in [3.63, 3.8) is 0 Å². The molecule has 148 valence electrons. The Morgan fingerprint density at radius 1 is 1.04 bits per heavy atom. The Labute approximate surface area is 168 Å². The molecule has 1 aliphatic rings. The summed E-state index contributed by atoms with van der Waals surface area (Å²) in [5.74, 6) is 3.65. The molecule has 0 atom stereocenters. The monoisotopic (exact) mass is 399 g/mol. The molecule has 0 N–H and O–H groups in total. The van der Waals surface area contributed by atoms with Gasteiger partial charge in [0.05, 0.1) is 12.9 Å². The molecule has 0 bridgehead atoms. The van der Waals surface area contributed by atoms with Crippen molar-refractivity contribution in [2.24, 2.45) is 0 Å². The molecule has 1 saturated carbocycles. The lowest BCUT2D eigenvalue weighted by molar-refractivity contribution is 0.339. The molecule has 1 aromatic carbocycles. The lowest BCUT2D eigenvalue weighted by Gasteiger charge is -2.25. The van der Waals surface area contributed by atoms with Gasteiger partial charge in [-0.05, 0) is 37.1 Å². The maximum atomic E-state index is 5.64. The summed E-state index contributed by atoms with van der Waals surface area (Å²) in [5.41, 5.74) is 1.05. The van der Waals surface area contributed by atoms with Crippen LogP contribution in [0.15, 0.2) is 33.8 Å². The second-order valence-corrected chi connectivity index (χ2v) is 7.87. The first kappa shape index (κ1) is 19.0. The molecule has 7 nitrogen and oxygen atoms in total. The van der Waals surface area contributed by atoms with Crippen LogP contribution in [0.25, 0.3) is 11.4 Å². The molecular formula is C20H25N5O2S. The number of ether oxygens (including phenoxy) is 1. The Bertz CT molecular complexity index is 900. The van der Waals surface area contributed by atoms with Gasteiger partial charge in [0, 0.05) is 18.0 Å². The van der Waals surface area contributed by atoms with E-state index in [4.69, 9.17) is 9.15 Å². The third kappa shape index (κ3) is 4.06. The molecule has 3 aromatic rings. The molecule has 0 saturated heterocycles. The predicted molar refractivity (Wildman–Crippen MR) is 107 cm³/mol. The Hall–Kier alpha value is -2.35. The van der Waals surface area contributed by atoms with Crippen molar-refractivity contribution in [1.29, 1.82) is 0 Å². The van der Waals surface area contributed by atoms with E-state index in [0.29, 0.717) is 23.6 Å². The van der Waals surface area contributed by atoms with Crippen LogP contribution < -0.4 is 4.74 Å². The summed E-state index contributed by atoms with van der Waals surface area (Å²) in [6, 6.07) is 8.45. The summed E-state index contributed by atoms with van der Waals surface area (Å²) in [6.45, 7) is 2.01. The smallest absolute Gasteiger partial charge is 0.226 e. The number of nitrogens with zero attached hydrogens (tertiary/aromatic N) is 5. The molecule has 4 rings (SSSR count). The van der Waals surface area contributed by atoms with E-state index in [0.717, 1.165) is 41.6 Å². The van der Waals surface area contributed by atoms with Crippen LogP contribution in [0.5, 0.6) is 5.75 Å². The van der Waals surface area contributed by atoms with Crippen molar-refractivity contribution in [2.45, 2.75) is 62.4 Å². The van der Waals surface area contributed by atoms with Crippen LogP contribution >= 0.6 is 11.8 Å². The first-order chi connectivity index (χ1) is 13.8. The van der Waals surface area contributed by atoms with E-state index in [1.807, 2.05) is 31.2 Å². The van der Waals surface area contributed by atoms with Gasteiger partial charge in [-0.25, -0.2) is 0 Å². The van der Waals surface area contributed by atoms with Gasteiger partial charge in [0.15, 0.2) is 11.0 Å². The zero-order valence-electron chi connectivity index (χ0n) is 16.3. The molecule has 2 aromatic heterocycles. The molecule has 1 aliphatic carbocycles. The van der Waals surface area contributed by atoms with E-state index in [1.54, 1.807) is 18.9 Å². The predicted octanol–water partition coefficient (Wildman–Crippen LogP) is 4.70. The first-order valence-electron chi connectivity index (χ1n) is 9.82. The fourth-order valence-electron chi connectivity index (χ4n) is 3.60. The van der Waals surface area contributed by atoms with Crippen molar-refractivity contribution in [3.05, 3.63) is 36.0 Å². The third-order valence-electron chi connectivity index (χ3n) is 5.09. The second-order valence-electron chi connectivity index (χ2n) is 6.93. The minimum Gasteiger partial charge on any atom is -0.497 e. The summed E-state index contributed by atoms with van der Waals surface area (Å²) < 4.78 is 13.2. The molecule has 0 unspecified atom stereocenters. The number of hydrogen-bond acceptors (Lipinski definition) is 7. The van der Waals surface area contributed by atoms with Crippen LogP contribution in [0.1, 0.15) is 56.9 Å². The van der Waals surface area contributed by atoms with E-state index >= 15 is 0 Å². The average molecular weight is 400 g/mol. The molecule has 1 fully saturated rings. The van der Waals surface area contributed by atoms with E-state index in [2.05, 4.69) is 25.0 Å². The number of hydrogen-bond donors (Lipinski definition) is 0. The number of thioether (sulfide) groups is 1. The Kier molecular flexibility index (Phi) is 5.95. The number of benzene rings is 1. The van der Waals surface area contributed by atoms with Crippen LogP contribution in [-0.4, -0.2) is 32.1 Å². The van der Waals surface area contributed by atoms with Gasteiger partial charge in [0.2, 0.25) is 11.8 Å². The summed E-state index contributed by atoms with van der Waals surface area (Å²) >= 11 is 1.61. The van der Waals surface area contributed by atoms with E-state index in [9.17, 15) is 0 Å². The van der Waals surface area contributed by atoms with Gasteiger partial charge in [-0.15, -0.1) is 20.4 Å². The first-order valence-corrected chi connectivity index (χ1v) is 10.8. The normalized spacial score (nSPS) is 15.1. The summed E-state index contributed by atoms with van der Waals surface area (Å²) in [6.07, 6.45) is 6.87. The van der Waals surface area contributed by atoms with Crippen LogP contribution in [0.3, 0.4) is 0 Å². The third-order valence-corrected chi connectivity index (χ3v) is 6.02. The zero-order valence-corrected chi connectivity index (χ0v) is 17.1. The van der Waals surface area contributed by atoms with Crippen LogP contribution in [0.4, 0.5) is 0 Å². The van der Waals surface area contributed by atoms with Crippen molar-refractivity contribution in [2.75, 3.05) is 7.11 Å². The number of aryl methyl sites for hydroxylation is 1. The van der Waals surface area contributed by atoms with Gasteiger partial charge in [0.1, 0.15) is 5.75 Å². The van der Waals surface area contributed by atoms with Gasteiger partial charge >= 0.3 is 0 Å². The minimum absolute atomic E-state index is 0.428. The molecule has 2 heterocycles. The van der Waals surface area contributed by atoms with Gasteiger partial charge in [-0.3, -0.25) is 4.57 Å². The highest BCUT2D eigenvalue weighted by atomic mass is 32.2. The van der Waals surface area contributed by atoms with Crippen molar-refractivity contribution < 1.29 is 9.15 Å². The van der Waals surface area contributed by atoms with E-state index in [1.165, 1.54) is 19.3 Å². The van der Waals surface area contributed by atoms with Crippen molar-refractivity contribution in [3.8, 4) is 17.1 Å². The van der Waals surface area contributed by atoms with Crippen LogP contribution in [-0.2, 0) is 12.2 Å². The summed E-state index contributed by atoms with van der Waals surface area (Å²) in [5, 5.41) is 18.1. The molecule has 28 heavy (non-hydrogen) atoms. The van der Waals surface area contributed by atoms with Gasteiger partial charge < -0.3 is 9.15 Å². The second kappa shape index (κ2) is 8.77. The Morgan fingerprint density at radius 2 is 1.79 bits per heavy atom. The minimum atomic E-state index is 0.428. The zero-order chi connectivity index (χ0) is 19.3. The number of rotatable bonds is 7. The largest absolute Gasteiger partial charge is 0.497 e. The maximum absolute atomic E-state index is 5.64. The molecule has 0 aliphatic heterocycles. The summed E-state index contributed by atoms with van der Waals surface area (Å²) in [4.78, 5) is 0. The Balaban J connectivity index is 1.62. The molecule has 0 radical (unpaired) electrons. The van der Waals surface area contributed by atoms with Gasteiger partial charge in [0.25, 0.3) is 0 Å². The topological polar surface area (TPSA) is 78.9 Å². The Morgan fingerprint density at radius 3 is 2.46 bits per heavy atom. The molecule has 8 heteroatoms. The van der Waals surface area contributed by atoms with Crippen LogP contribution in [0, 0.1) is 0 Å². The molecule has 0 amide bonds. The maximum Gasteiger partial charge on any atom is 0.226 e. The highest BCUT2D eigenvalue weighted by Crippen LogP contribution is 2.36. The van der Waals surface area contributed by atoms with Gasteiger partial charge in [-0.1, -0.05) is 37.9 Å². The molecular weight excluding hydrogens is 374 g/mol.